The van der Waals surface area contributed by atoms with Gasteiger partial charge >= 0.3 is 5.97 Å². The fourth-order valence-electron chi connectivity index (χ4n) is 3.57. The zero-order valence-corrected chi connectivity index (χ0v) is 20.7. The minimum atomic E-state index is -1.03. The standard InChI is InChI=1S/C22H25N7O5S/c1-6-29-10-24-19-15(29)18(23-9-12-7-13(32-3)16(34-5)14(8-12)33-4)26-21(27-19)28-22-25-11(2)17(35-22)20(30)31/h7-8,10H,6,9H2,1-5H3,(H,30,31)(H2,23,25,26,27,28). The molecule has 0 unspecified atom stereocenters. The van der Waals surface area contributed by atoms with Crippen LogP contribution in [0.15, 0.2) is 18.5 Å². The van der Waals surface area contributed by atoms with Gasteiger partial charge in [0.1, 0.15) is 10.4 Å². The van der Waals surface area contributed by atoms with Crippen molar-refractivity contribution < 1.29 is 24.1 Å². The number of nitrogens with zero attached hydrogens (tertiary/aromatic N) is 5. The van der Waals surface area contributed by atoms with Gasteiger partial charge in [0, 0.05) is 13.1 Å². The molecule has 3 N–H and O–H groups in total. The predicted molar refractivity (Wildman–Crippen MR) is 132 cm³/mol. The van der Waals surface area contributed by atoms with Gasteiger partial charge in [0.25, 0.3) is 0 Å². The lowest BCUT2D eigenvalue weighted by Crippen LogP contribution is -2.08. The molecular formula is C22H25N7O5S. The van der Waals surface area contributed by atoms with Crippen molar-refractivity contribution in [1.29, 1.82) is 0 Å². The maximum atomic E-state index is 11.4. The molecule has 0 fully saturated rings. The number of benzene rings is 1. The van der Waals surface area contributed by atoms with E-state index in [1.165, 1.54) is 0 Å². The lowest BCUT2D eigenvalue weighted by atomic mass is 10.1. The van der Waals surface area contributed by atoms with E-state index < -0.39 is 5.97 Å². The van der Waals surface area contributed by atoms with Gasteiger partial charge in [-0.2, -0.15) is 9.97 Å². The number of thiazole rings is 1. The molecule has 184 valence electrons. The quantitative estimate of drug-likeness (QED) is 0.294. The molecule has 0 aliphatic heterocycles. The molecule has 0 bridgehead atoms. The number of rotatable bonds is 10. The Hall–Kier alpha value is -4.13. The Morgan fingerprint density at radius 3 is 2.40 bits per heavy atom. The fourth-order valence-corrected chi connectivity index (χ4v) is 4.36. The first kappa shape index (κ1) is 24.0. The summed E-state index contributed by atoms with van der Waals surface area (Å²) in [6.45, 7) is 4.72. The molecule has 0 spiro atoms. The van der Waals surface area contributed by atoms with Crippen molar-refractivity contribution >= 4 is 45.4 Å². The van der Waals surface area contributed by atoms with Crippen molar-refractivity contribution in [1.82, 2.24) is 24.5 Å². The Morgan fingerprint density at radius 2 is 1.83 bits per heavy atom. The first-order valence-corrected chi connectivity index (χ1v) is 11.4. The van der Waals surface area contributed by atoms with E-state index in [0.717, 1.165) is 22.4 Å². The number of nitrogens with one attached hydrogen (secondary N) is 2. The summed E-state index contributed by atoms with van der Waals surface area (Å²) in [7, 11) is 4.69. The highest BCUT2D eigenvalue weighted by Crippen LogP contribution is 2.38. The Morgan fingerprint density at radius 1 is 1.11 bits per heavy atom. The Bertz CT molecular complexity index is 1360. The molecular weight excluding hydrogens is 474 g/mol. The lowest BCUT2D eigenvalue weighted by Gasteiger charge is -2.15. The molecule has 3 aromatic heterocycles. The van der Waals surface area contributed by atoms with E-state index in [0.29, 0.717) is 52.6 Å². The van der Waals surface area contributed by atoms with E-state index in [9.17, 15) is 9.90 Å². The minimum Gasteiger partial charge on any atom is -0.493 e. The zero-order valence-electron chi connectivity index (χ0n) is 19.9. The van der Waals surface area contributed by atoms with E-state index in [2.05, 4.69) is 30.6 Å². The number of hydrogen-bond acceptors (Lipinski definition) is 11. The molecule has 0 atom stereocenters. The number of fused-ring (bicyclic) bond motifs is 1. The maximum Gasteiger partial charge on any atom is 0.347 e. The van der Waals surface area contributed by atoms with E-state index in [4.69, 9.17) is 14.2 Å². The van der Waals surface area contributed by atoms with Gasteiger partial charge in [-0.25, -0.2) is 14.8 Å². The normalized spacial score (nSPS) is 10.9. The van der Waals surface area contributed by atoms with Gasteiger partial charge in [0.15, 0.2) is 28.1 Å². The van der Waals surface area contributed by atoms with E-state index in [-0.39, 0.29) is 10.8 Å². The van der Waals surface area contributed by atoms with Crippen LogP contribution in [0.1, 0.15) is 27.9 Å². The van der Waals surface area contributed by atoms with Crippen molar-refractivity contribution in [2.45, 2.75) is 26.9 Å². The second-order valence-electron chi connectivity index (χ2n) is 7.35. The van der Waals surface area contributed by atoms with Gasteiger partial charge in [-0.15, -0.1) is 0 Å². The summed E-state index contributed by atoms with van der Waals surface area (Å²) in [5, 5.41) is 16.0. The van der Waals surface area contributed by atoms with Crippen LogP contribution in [0.2, 0.25) is 0 Å². The highest BCUT2D eigenvalue weighted by atomic mass is 32.1. The molecule has 3 heterocycles. The molecule has 0 amide bonds. The third-order valence-electron chi connectivity index (χ3n) is 5.21. The number of hydrogen-bond donors (Lipinski definition) is 3. The number of anilines is 3. The van der Waals surface area contributed by atoms with Crippen LogP contribution in [0.25, 0.3) is 11.2 Å². The van der Waals surface area contributed by atoms with Gasteiger partial charge in [-0.1, -0.05) is 11.3 Å². The Kier molecular flexibility index (Phi) is 6.87. The van der Waals surface area contributed by atoms with E-state index in [1.54, 1.807) is 34.6 Å². The fraction of sp³-hybridized carbons (Fsp3) is 0.318. The summed E-state index contributed by atoms with van der Waals surface area (Å²) >= 11 is 1.02. The summed E-state index contributed by atoms with van der Waals surface area (Å²) in [5.41, 5.74) is 2.53. The molecule has 0 radical (unpaired) electrons. The number of carboxylic acids is 1. The average molecular weight is 500 g/mol. The third-order valence-corrected chi connectivity index (χ3v) is 6.27. The molecule has 0 aliphatic carbocycles. The molecule has 0 saturated carbocycles. The lowest BCUT2D eigenvalue weighted by molar-refractivity contribution is 0.0701. The number of carbonyl (C=O) groups is 1. The summed E-state index contributed by atoms with van der Waals surface area (Å²) in [5.74, 6) is 1.38. The third kappa shape index (κ3) is 4.75. The largest absolute Gasteiger partial charge is 0.493 e. The Labute approximate surface area is 204 Å². The van der Waals surface area contributed by atoms with Crippen molar-refractivity contribution in [3.8, 4) is 17.2 Å². The summed E-state index contributed by atoms with van der Waals surface area (Å²) in [6.07, 6.45) is 1.70. The zero-order chi connectivity index (χ0) is 25.1. The van der Waals surface area contributed by atoms with Crippen molar-refractivity contribution in [2.24, 2.45) is 0 Å². The van der Waals surface area contributed by atoms with Gasteiger partial charge in [0.05, 0.1) is 33.4 Å². The monoisotopic (exact) mass is 499 g/mol. The van der Waals surface area contributed by atoms with E-state index in [1.807, 2.05) is 23.6 Å². The molecule has 13 heteroatoms. The summed E-state index contributed by atoms with van der Waals surface area (Å²) < 4.78 is 18.2. The smallest absolute Gasteiger partial charge is 0.347 e. The number of methoxy groups -OCH3 is 3. The van der Waals surface area contributed by atoms with Crippen molar-refractivity contribution in [2.75, 3.05) is 32.0 Å². The van der Waals surface area contributed by atoms with Crippen LogP contribution in [-0.2, 0) is 13.1 Å². The first-order chi connectivity index (χ1) is 16.9. The number of aromatic nitrogens is 5. The van der Waals surface area contributed by atoms with Gasteiger partial charge in [0.2, 0.25) is 11.7 Å². The van der Waals surface area contributed by atoms with Crippen LogP contribution in [0.3, 0.4) is 0 Å². The molecule has 35 heavy (non-hydrogen) atoms. The van der Waals surface area contributed by atoms with Crippen LogP contribution in [0.4, 0.5) is 16.9 Å². The number of aryl methyl sites for hydroxylation is 2. The summed E-state index contributed by atoms with van der Waals surface area (Å²) in [6, 6.07) is 3.71. The summed E-state index contributed by atoms with van der Waals surface area (Å²) in [4.78, 5) is 29.3. The van der Waals surface area contributed by atoms with E-state index >= 15 is 0 Å². The Balaban J connectivity index is 1.68. The highest BCUT2D eigenvalue weighted by Gasteiger charge is 2.18. The van der Waals surface area contributed by atoms with Gasteiger partial charge < -0.3 is 29.2 Å². The average Bonchev–Trinajstić information content (AvgIpc) is 3.44. The second-order valence-corrected chi connectivity index (χ2v) is 8.35. The molecule has 0 saturated heterocycles. The van der Waals surface area contributed by atoms with Crippen LogP contribution < -0.4 is 24.8 Å². The minimum absolute atomic E-state index is 0.157. The number of ether oxygens (including phenoxy) is 3. The molecule has 4 rings (SSSR count). The van der Waals surface area contributed by atoms with Gasteiger partial charge in [-0.3, -0.25) is 5.32 Å². The van der Waals surface area contributed by atoms with Crippen LogP contribution >= 0.6 is 11.3 Å². The second kappa shape index (κ2) is 10.0. The molecule has 1 aromatic carbocycles. The van der Waals surface area contributed by atoms with Crippen molar-refractivity contribution in [3.63, 3.8) is 0 Å². The van der Waals surface area contributed by atoms with Crippen LogP contribution in [0.5, 0.6) is 17.2 Å². The van der Waals surface area contributed by atoms with Gasteiger partial charge in [-0.05, 0) is 31.5 Å². The number of aromatic carboxylic acids is 1. The van der Waals surface area contributed by atoms with Crippen molar-refractivity contribution in [3.05, 3.63) is 34.6 Å². The molecule has 0 aliphatic rings. The number of carboxylic acid groups (broad SMARTS) is 1. The topological polar surface area (TPSA) is 146 Å². The highest BCUT2D eigenvalue weighted by molar-refractivity contribution is 7.17. The van der Waals surface area contributed by atoms with Crippen LogP contribution in [0, 0.1) is 6.92 Å². The SMILES string of the molecule is CCn1cnc2nc(Nc3nc(C)c(C(=O)O)s3)nc(NCc3cc(OC)c(OC)c(OC)c3)c21. The predicted octanol–water partition coefficient (Wildman–Crippen LogP) is 3.69. The first-order valence-electron chi connectivity index (χ1n) is 10.6. The number of imidazole rings is 1. The molecule has 4 aromatic rings. The molecule has 12 nitrogen and oxygen atoms in total. The maximum absolute atomic E-state index is 11.4. The van der Waals surface area contributed by atoms with Crippen LogP contribution in [-0.4, -0.2) is 56.9 Å².